The highest BCUT2D eigenvalue weighted by Crippen LogP contribution is 2.33. The number of halogens is 2. The second kappa shape index (κ2) is 5.25. The number of ether oxygens (including phenoxy) is 1. The molecule has 2 nitrogen and oxygen atoms in total. The van der Waals surface area contributed by atoms with Gasteiger partial charge < -0.3 is 9.84 Å². The zero-order chi connectivity index (χ0) is 10.6. The van der Waals surface area contributed by atoms with E-state index in [1.165, 1.54) is 0 Å². The van der Waals surface area contributed by atoms with Crippen molar-refractivity contribution in [3.05, 3.63) is 40.4 Å². The summed E-state index contributed by atoms with van der Waals surface area (Å²) in [6.07, 6.45) is 1.61. The van der Waals surface area contributed by atoms with E-state index in [0.717, 1.165) is 0 Å². The Kier molecular flexibility index (Phi) is 4.26. The van der Waals surface area contributed by atoms with Gasteiger partial charge in [0.15, 0.2) is 0 Å². The second-order valence-corrected chi connectivity index (χ2v) is 3.38. The molecule has 76 valence electrons. The zero-order valence-electron chi connectivity index (χ0n) is 7.46. The Morgan fingerprint density at radius 2 is 2.14 bits per heavy atom. The lowest BCUT2D eigenvalue weighted by molar-refractivity contribution is 0.280. The molecule has 0 atom stereocenters. The van der Waals surface area contributed by atoms with Gasteiger partial charge in [0.1, 0.15) is 12.4 Å². The first-order chi connectivity index (χ1) is 6.70. The summed E-state index contributed by atoms with van der Waals surface area (Å²) >= 11 is 11.8. The molecule has 0 heterocycles. The first kappa shape index (κ1) is 11.4. The van der Waals surface area contributed by atoms with E-state index in [4.69, 9.17) is 33.0 Å². The van der Waals surface area contributed by atoms with Gasteiger partial charge in [-0.2, -0.15) is 0 Å². The molecule has 0 fully saturated rings. The van der Waals surface area contributed by atoms with Crippen LogP contribution in [0, 0.1) is 0 Å². The molecule has 4 heteroatoms. The van der Waals surface area contributed by atoms with Crippen LogP contribution in [0.4, 0.5) is 0 Å². The van der Waals surface area contributed by atoms with Crippen molar-refractivity contribution >= 4 is 23.2 Å². The fraction of sp³-hybridized carbons (Fsp3) is 0.200. The van der Waals surface area contributed by atoms with Crippen molar-refractivity contribution in [2.45, 2.75) is 6.61 Å². The number of aliphatic hydroxyl groups is 1. The van der Waals surface area contributed by atoms with Gasteiger partial charge in [-0.15, -0.1) is 0 Å². The first-order valence-electron chi connectivity index (χ1n) is 4.02. The minimum absolute atomic E-state index is 0.205. The summed E-state index contributed by atoms with van der Waals surface area (Å²) in [5.41, 5.74) is 0.481. The SMILES string of the molecule is C=CCOc1ccc(Cl)c(CO)c1Cl. The highest BCUT2D eigenvalue weighted by atomic mass is 35.5. The molecule has 0 radical (unpaired) electrons. The Balaban J connectivity index is 3.01. The molecule has 0 aromatic heterocycles. The Labute approximate surface area is 92.7 Å². The molecule has 0 unspecified atom stereocenters. The largest absolute Gasteiger partial charge is 0.488 e. The molecule has 0 amide bonds. The summed E-state index contributed by atoms with van der Waals surface area (Å²) in [6, 6.07) is 3.30. The molecular formula is C10H10Cl2O2. The van der Waals surface area contributed by atoms with Gasteiger partial charge in [0, 0.05) is 10.6 Å². The van der Waals surface area contributed by atoms with E-state index >= 15 is 0 Å². The maximum absolute atomic E-state index is 9.00. The van der Waals surface area contributed by atoms with Gasteiger partial charge in [-0.3, -0.25) is 0 Å². The van der Waals surface area contributed by atoms with Crippen molar-refractivity contribution in [2.24, 2.45) is 0 Å². The van der Waals surface area contributed by atoms with Crippen molar-refractivity contribution < 1.29 is 9.84 Å². The highest BCUT2D eigenvalue weighted by Gasteiger charge is 2.10. The van der Waals surface area contributed by atoms with E-state index in [1.54, 1.807) is 18.2 Å². The smallest absolute Gasteiger partial charge is 0.138 e. The number of benzene rings is 1. The molecule has 0 saturated heterocycles. The van der Waals surface area contributed by atoms with Crippen molar-refractivity contribution in [3.63, 3.8) is 0 Å². The molecule has 0 aliphatic carbocycles. The van der Waals surface area contributed by atoms with Crippen LogP contribution in [0.2, 0.25) is 10.0 Å². The van der Waals surface area contributed by atoms with Gasteiger partial charge in [0.2, 0.25) is 0 Å². The molecule has 0 saturated carbocycles. The van der Waals surface area contributed by atoms with E-state index in [2.05, 4.69) is 6.58 Å². The second-order valence-electron chi connectivity index (χ2n) is 2.60. The predicted octanol–water partition coefficient (Wildman–Crippen LogP) is 3.05. The average Bonchev–Trinajstić information content (AvgIpc) is 2.18. The zero-order valence-corrected chi connectivity index (χ0v) is 8.98. The average molecular weight is 233 g/mol. The molecule has 0 bridgehead atoms. The maximum Gasteiger partial charge on any atom is 0.138 e. The third-order valence-electron chi connectivity index (χ3n) is 1.67. The molecule has 1 N–H and O–H groups in total. The third kappa shape index (κ3) is 2.41. The van der Waals surface area contributed by atoms with Crippen molar-refractivity contribution in [2.75, 3.05) is 6.61 Å². The van der Waals surface area contributed by atoms with Crippen molar-refractivity contribution in [1.82, 2.24) is 0 Å². The van der Waals surface area contributed by atoms with Crippen molar-refractivity contribution in [1.29, 1.82) is 0 Å². The van der Waals surface area contributed by atoms with Crippen LogP contribution >= 0.6 is 23.2 Å². The van der Waals surface area contributed by atoms with Crippen LogP contribution in [0.1, 0.15) is 5.56 Å². The molecule has 1 aromatic rings. The van der Waals surface area contributed by atoms with Crippen LogP contribution in [-0.2, 0) is 6.61 Å². The van der Waals surface area contributed by atoms with Crippen molar-refractivity contribution in [3.8, 4) is 5.75 Å². The minimum Gasteiger partial charge on any atom is -0.488 e. The summed E-state index contributed by atoms with van der Waals surface area (Å²) in [5.74, 6) is 0.500. The van der Waals surface area contributed by atoms with E-state index in [1.807, 2.05) is 0 Å². The summed E-state index contributed by atoms with van der Waals surface area (Å²) < 4.78 is 5.26. The molecule has 0 aliphatic rings. The van der Waals surface area contributed by atoms with Gasteiger partial charge in [-0.05, 0) is 12.1 Å². The lowest BCUT2D eigenvalue weighted by Crippen LogP contribution is -1.96. The van der Waals surface area contributed by atoms with Crippen LogP contribution in [-0.4, -0.2) is 11.7 Å². The summed E-state index contributed by atoms with van der Waals surface area (Å²) in [6.45, 7) is 3.68. The van der Waals surface area contributed by atoms with Gasteiger partial charge >= 0.3 is 0 Å². The maximum atomic E-state index is 9.00. The quantitative estimate of drug-likeness (QED) is 0.810. The highest BCUT2D eigenvalue weighted by molar-refractivity contribution is 6.36. The fourth-order valence-electron chi connectivity index (χ4n) is 0.981. The Hall–Kier alpha value is -0.700. The third-order valence-corrected chi connectivity index (χ3v) is 2.43. The minimum atomic E-state index is -0.205. The van der Waals surface area contributed by atoms with Crippen LogP contribution in [0.15, 0.2) is 24.8 Å². The normalized spacial score (nSPS) is 9.93. The predicted molar refractivity (Wildman–Crippen MR) is 58.1 cm³/mol. The van der Waals surface area contributed by atoms with Crippen LogP contribution in [0.3, 0.4) is 0 Å². The van der Waals surface area contributed by atoms with E-state index in [9.17, 15) is 0 Å². The number of rotatable bonds is 4. The van der Waals surface area contributed by atoms with Gasteiger partial charge in [0.05, 0.1) is 11.6 Å². The molecular weight excluding hydrogens is 223 g/mol. The van der Waals surface area contributed by atoms with E-state index in [-0.39, 0.29) is 6.61 Å². The number of hydrogen-bond donors (Lipinski definition) is 1. The lowest BCUT2D eigenvalue weighted by atomic mass is 10.2. The number of hydrogen-bond acceptors (Lipinski definition) is 2. The molecule has 14 heavy (non-hydrogen) atoms. The lowest BCUT2D eigenvalue weighted by Gasteiger charge is -2.09. The summed E-state index contributed by atoms with van der Waals surface area (Å²) in [4.78, 5) is 0. The van der Waals surface area contributed by atoms with Crippen LogP contribution in [0.25, 0.3) is 0 Å². The topological polar surface area (TPSA) is 29.5 Å². The monoisotopic (exact) mass is 232 g/mol. The first-order valence-corrected chi connectivity index (χ1v) is 4.77. The molecule has 1 rings (SSSR count). The van der Waals surface area contributed by atoms with Crippen LogP contribution in [0.5, 0.6) is 5.75 Å². The summed E-state index contributed by atoms with van der Waals surface area (Å²) in [5, 5.41) is 9.79. The standard InChI is InChI=1S/C10H10Cl2O2/c1-2-5-14-9-4-3-8(11)7(6-13)10(9)12/h2-4,13H,1,5-6H2. The van der Waals surface area contributed by atoms with E-state index < -0.39 is 0 Å². The summed E-state index contributed by atoms with van der Waals surface area (Å²) in [7, 11) is 0. The molecule has 0 spiro atoms. The van der Waals surface area contributed by atoms with Gasteiger partial charge in [-0.25, -0.2) is 0 Å². The molecule has 1 aromatic carbocycles. The fourth-order valence-corrected chi connectivity index (χ4v) is 1.53. The van der Waals surface area contributed by atoms with E-state index in [0.29, 0.717) is 28.0 Å². The van der Waals surface area contributed by atoms with Crippen LogP contribution < -0.4 is 4.74 Å². The van der Waals surface area contributed by atoms with Gasteiger partial charge in [0.25, 0.3) is 0 Å². The Morgan fingerprint density at radius 1 is 1.43 bits per heavy atom. The van der Waals surface area contributed by atoms with Gasteiger partial charge in [-0.1, -0.05) is 35.9 Å². The Morgan fingerprint density at radius 3 is 2.71 bits per heavy atom. The molecule has 0 aliphatic heterocycles. The Bertz CT molecular complexity index is 337. The number of aliphatic hydroxyl groups excluding tert-OH is 1.